The van der Waals surface area contributed by atoms with Crippen LogP contribution in [0.1, 0.15) is 39.5 Å². The fourth-order valence-electron chi connectivity index (χ4n) is 1.39. The first-order chi connectivity index (χ1) is 6.10. The van der Waals surface area contributed by atoms with Crippen LogP contribution in [-0.2, 0) is 4.79 Å². The minimum Gasteiger partial charge on any atom is -0.308 e. The molecular formula is C11H21NO. The third-order valence-electron chi connectivity index (χ3n) is 2.57. The first kappa shape index (κ1) is 12.4. The van der Waals surface area contributed by atoms with Gasteiger partial charge in [0.1, 0.15) is 0 Å². The topological polar surface area (TPSA) is 29.1 Å². The van der Waals surface area contributed by atoms with Crippen LogP contribution in [0.15, 0.2) is 12.7 Å². The molecule has 0 amide bonds. The number of nitrogens with one attached hydrogen (secondary N) is 1. The highest BCUT2D eigenvalue weighted by Crippen LogP contribution is 2.16. The highest BCUT2D eigenvalue weighted by Gasteiger charge is 2.28. The minimum atomic E-state index is -0.336. The second kappa shape index (κ2) is 5.92. The molecule has 2 heteroatoms. The quantitative estimate of drug-likeness (QED) is 0.484. The van der Waals surface area contributed by atoms with Crippen molar-refractivity contribution in [3.8, 4) is 0 Å². The van der Waals surface area contributed by atoms with E-state index in [1.165, 1.54) is 0 Å². The molecular weight excluding hydrogens is 162 g/mol. The summed E-state index contributed by atoms with van der Waals surface area (Å²) in [5, 5.41) is 3.10. The Morgan fingerprint density at radius 3 is 2.62 bits per heavy atom. The van der Waals surface area contributed by atoms with Crippen LogP contribution in [0.25, 0.3) is 0 Å². The molecule has 76 valence electrons. The van der Waals surface area contributed by atoms with Gasteiger partial charge in [0.05, 0.1) is 5.54 Å². The summed E-state index contributed by atoms with van der Waals surface area (Å²) in [6.07, 6.45) is 5.39. The highest BCUT2D eigenvalue weighted by molar-refractivity contribution is 5.87. The summed E-state index contributed by atoms with van der Waals surface area (Å²) < 4.78 is 0. The van der Waals surface area contributed by atoms with E-state index in [2.05, 4.69) is 11.9 Å². The summed E-state index contributed by atoms with van der Waals surface area (Å²) in [6, 6.07) is 0. The predicted molar refractivity (Wildman–Crippen MR) is 56.8 cm³/mol. The SMILES string of the molecule is C=CCCCC(C)(NC)C(=O)CC. The van der Waals surface area contributed by atoms with Crippen LogP contribution in [0.4, 0.5) is 0 Å². The molecule has 0 aliphatic heterocycles. The lowest BCUT2D eigenvalue weighted by atomic mass is 9.89. The maximum atomic E-state index is 11.6. The second-order valence-electron chi connectivity index (χ2n) is 3.54. The Morgan fingerprint density at radius 1 is 1.62 bits per heavy atom. The lowest BCUT2D eigenvalue weighted by Gasteiger charge is -2.27. The van der Waals surface area contributed by atoms with Crippen LogP contribution in [-0.4, -0.2) is 18.4 Å². The Morgan fingerprint density at radius 2 is 2.23 bits per heavy atom. The number of Topliss-reactive ketones (excluding diaryl/α,β-unsaturated/α-hetero) is 1. The van der Waals surface area contributed by atoms with Gasteiger partial charge in [0.2, 0.25) is 0 Å². The maximum absolute atomic E-state index is 11.6. The highest BCUT2D eigenvalue weighted by atomic mass is 16.1. The zero-order valence-corrected chi connectivity index (χ0v) is 9.02. The third-order valence-corrected chi connectivity index (χ3v) is 2.57. The molecule has 13 heavy (non-hydrogen) atoms. The van der Waals surface area contributed by atoms with Gasteiger partial charge in [-0.05, 0) is 33.2 Å². The molecule has 0 aliphatic carbocycles. The van der Waals surface area contributed by atoms with Crippen molar-refractivity contribution in [1.29, 1.82) is 0 Å². The fourth-order valence-corrected chi connectivity index (χ4v) is 1.39. The Balaban J connectivity index is 4.10. The van der Waals surface area contributed by atoms with E-state index in [1.807, 2.05) is 27.0 Å². The van der Waals surface area contributed by atoms with Gasteiger partial charge in [-0.2, -0.15) is 0 Å². The van der Waals surface area contributed by atoms with Crippen molar-refractivity contribution in [2.45, 2.75) is 45.1 Å². The van der Waals surface area contributed by atoms with Gasteiger partial charge in [-0.25, -0.2) is 0 Å². The number of allylic oxidation sites excluding steroid dienone is 1. The van der Waals surface area contributed by atoms with Crippen LogP contribution in [0, 0.1) is 0 Å². The van der Waals surface area contributed by atoms with Crippen molar-refractivity contribution >= 4 is 5.78 Å². The molecule has 0 aromatic heterocycles. The smallest absolute Gasteiger partial charge is 0.152 e. The molecule has 0 saturated carbocycles. The van der Waals surface area contributed by atoms with Crippen molar-refractivity contribution in [2.24, 2.45) is 0 Å². The van der Waals surface area contributed by atoms with E-state index in [0.717, 1.165) is 19.3 Å². The van der Waals surface area contributed by atoms with Gasteiger partial charge in [-0.3, -0.25) is 4.79 Å². The number of carbonyl (C=O) groups excluding carboxylic acids is 1. The van der Waals surface area contributed by atoms with E-state index in [4.69, 9.17) is 0 Å². The van der Waals surface area contributed by atoms with Crippen LogP contribution in [0.5, 0.6) is 0 Å². The molecule has 0 fully saturated rings. The lowest BCUT2D eigenvalue weighted by molar-refractivity contribution is -0.124. The molecule has 1 atom stereocenters. The van der Waals surface area contributed by atoms with Crippen molar-refractivity contribution in [3.05, 3.63) is 12.7 Å². The Bertz CT molecular complexity index is 177. The first-order valence-corrected chi connectivity index (χ1v) is 4.93. The molecule has 0 aromatic carbocycles. The summed E-state index contributed by atoms with van der Waals surface area (Å²) >= 11 is 0. The van der Waals surface area contributed by atoms with Crippen molar-refractivity contribution in [3.63, 3.8) is 0 Å². The Kier molecular flexibility index (Phi) is 5.63. The van der Waals surface area contributed by atoms with Crippen LogP contribution in [0.2, 0.25) is 0 Å². The number of likely N-dealkylation sites (N-methyl/N-ethyl adjacent to an activating group) is 1. The predicted octanol–water partition coefficient (Wildman–Crippen LogP) is 2.30. The third kappa shape index (κ3) is 3.73. The second-order valence-corrected chi connectivity index (χ2v) is 3.54. The van der Waals surface area contributed by atoms with Gasteiger partial charge in [0.25, 0.3) is 0 Å². The first-order valence-electron chi connectivity index (χ1n) is 4.93. The molecule has 1 N–H and O–H groups in total. The van der Waals surface area contributed by atoms with Crippen LogP contribution < -0.4 is 5.32 Å². The summed E-state index contributed by atoms with van der Waals surface area (Å²) in [7, 11) is 1.85. The monoisotopic (exact) mass is 183 g/mol. The number of ketones is 1. The van der Waals surface area contributed by atoms with Crippen LogP contribution >= 0.6 is 0 Å². The lowest BCUT2D eigenvalue weighted by Crippen LogP contribution is -2.47. The molecule has 0 bridgehead atoms. The zero-order valence-electron chi connectivity index (χ0n) is 9.02. The van der Waals surface area contributed by atoms with E-state index >= 15 is 0 Å². The van der Waals surface area contributed by atoms with E-state index in [0.29, 0.717) is 12.2 Å². The number of hydrogen-bond acceptors (Lipinski definition) is 2. The van der Waals surface area contributed by atoms with Crippen molar-refractivity contribution in [1.82, 2.24) is 5.32 Å². The number of rotatable bonds is 7. The van der Waals surface area contributed by atoms with Gasteiger partial charge in [-0.1, -0.05) is 13.0 Å². The van der Waals surface area contributed by atoms with Gasteiger partial charge < -0.3 is 5.32 Å². The van der Waals surface area contributed by atoms with Gasteiger partial charge in [0.15, 0.2) is 5.78 Å². The molecule has 0 spiro atoms. The molecule has 0 saturated heterocycles. The Labute approximate surface area is 81.4 Å². The normalized spacial score (nSPS) is 15.0. The van der Waals surface area contributed by atoms with E-state index in [9.17, 15) is 4.79 Å². The van der Waals surface area contributed by atoms with Gasteiger partial charge in [0, 0.05) is 6.42 Å². The average molecular weight is 183 g/mol. The Hall–Kier alpha value is -0.630. The van der Waals surface area contributed by atoms with Crippen molar-refractivity contribution in [2.75, 3.05) is 7.05 Å². The zero-order chi connectivity index (χ0) is 10.3. The van der Waals surface area contributed by atoms with E-state index < -0.39 is 0 Å². The average Bonchev–Trinajstić information content (AvgIpc) is 2.16. The largest absolute Gasteiger partial charge is 0.308 e. The fraction of sp³-hybridized carbons (Fsp3) is 0.727. The molecule has 0 rings (SSSR count). The standard InChI is InChI=1S/C11H21NO/c1-5-7-8-9-11(3,12-4)10(13)6-2/h5,12H,1,6-9H2,2-4H3. The molecule has 0 aliphatic rings. The summed E-state index contributed by atoms with van der Waals surface area (Å²) in [5.74, 6) is 0.291. The summed E-state index contributed by atoms with van der Waals surface area (Å²) in [4.78, 5) is 11.6. The molecule has 0 aromatic rings. The molecule has 0 radical (unpaired) electrons. The molecule has 1 unspecified atom stereocenters. The number of hydrogen-bond donors (Lipinski definition) is 1. The van der Waals surface area contributed by atoms with Crippen LogP contribution in [0.3, 0.4) is 0 Å². The van der Waals surface area contributed by atoms with Gasteiger partial charge >= 0.3 is 0 Å². The maximum Gasteiger partial charge on any atom is 0.152 e. The molecule has 0 heterocycles. The minimum absolute atomic E-state index is 0.291. The number of carbonyl (C=O) groups is 1. The van der Waals surface area contributed by atoms with E-state index in [1.54, 1.807) is 0 Å². The number of unbranched alkanes of at least 4 members (excludes halogenated alkanes) is 1. The molecule has 2 nitrogen and oxygen atoms in total. The van der Waals surface area contributed by atoms with Crippen molar-refractivity contribution < 1.29 is 4.79 Å². The summed E-state index contributed by atoms with van der Waals surface area (Å²) in [6.45, 7) is 7.55. The van der Waals surface area contributed by atoms with Gasteiger partial charge in [-0.15, -0.1) is 6.58 Å². The van der Waals surface area contributed by atoms with E-state index in [-0.39, 0.29) is 5.54 Å². The summed E-state index contributed by atoms with van der Waals surface area (Å²) in [5.41, 5.74) is -0.336.